The molecule has 1 aromatic carbocycles. The highest BCUT2D eigenvalue weighted by atomic mass is 35.5. The highest BCUT2D eigenvalue weighted by Gasteiger charge is 2.30. The zero-order chi connectivity index (χ0) is 16.2. The maximum absolute atomic E-state index is 7.89. The third-order valence-corrected chi connectivity index (χ3v) is 4.25. The summed E-state index contributed by atoms with van der Waals surface area (Å²) in [6, 6.07) is 10.3. The van der Waals surface area contributed by atoms with Gasteiger partial charge in [0.15, 0.2) is 6.61 Å². The number of benzene rings is 1. The Hall–Kier alpha value is -1.99. The van der Waals surface area contributed by atoms with Crippen molar-refractivity contribution in [2.75, 3.05) is 5.53 Å². The molecular weight excluding hydrogens is 330 g/mol. The number of hydrazine groups is 1. The van der Waals surface area contributed by atoms with Gasteiger partial charge in [-0.2, -0.15) is 5.01 Å². The van der Waals surface area contributed by atoms with E-state index in [1.54, 1.807) is 0 Å². The Morgan fingerprint density at radius 1 is 1.29 bits per heavy atom. The van der Waals surface area contributed by atoms with Crippen LogP contribution in [0, 0.1) is 0 Å². The van der Waals surface area contributed by atoms with Gasteiger partial charge in [0.2, 0.25) is 5.27 Å². The van der Waals surface area contributed by atoms with Crippen molar-refractivity contribution in [2.24, 2.45) is 0 Å². The number of hydrogen-bond acceptors (Lipinski definition) is 5. The van der Waals surface area contributed by atoms with Crippen molar-refractivity contribution in [2.45, 2.75) is 51.8 Å². The molecule has 2 unspecified atom stereocenters. The summed E-state index contributed by atoms with van der Waals surface area (Å²) in [4.78, 5) is 1.50. The third-order valence-electron chi connectivity index (χ3n) is 4.25. The Bertz CT molecular complexity index is 627. The molecule has 0 saturated carbocycles. The molecule has 0 radical (unpaired) electrons. The van der Waals surface area contributed by atoms with Gasteiger partial charge in [-0.1, -0.05) is 30.2 Å². The van der Waals surface area contributed by atoms with Crippen molar-refractivity contribution in [3.8, 4) is 5.75 Å². The monoisotopic (exact) mass is 353 g/mol. The highest BCUT2D eigenvalue weighted by molar-refractivity contribution is 5.85. The van der Waals surface area contributed by atoms with Gasteiger partial charge in [0.25, 0.3) is 0 Å². The summed E-state index contributed by atoms with van der Waals surface area (Å²) >= 11 is 0. The van der Waals surface area contributed by atoms with E-state index in [4.69, 9.17) is 15.0 Å². The van der Waals surface area contributed by atoms with Crippen molar-refractivity contribution in [1.82, 2.24) is 10.3 Å². The molecule has 1 aliphatic rings. The normalized spacial score (nSPS) is 21.1. The van der Waals surface area contributed by atoms with Gasteiger partial charge in [-0.25, -0.2) is 0 Å². The molecule has 0 aliphatic carbocycles. The SMILES string of the molecule is CC1CCCC(C)N1N[n+]1noc([NH-])c1COc1ccccc1.Cl. The van der Waals surface area contributed by atoms with Crippen molar-refractivity contribution < 1.29 is 14.1 Å². The van der Waals surface area contributed by atoms with E-state index in [1.165, 1.54) is 11.2 Å². The van der Waals surface area contributed by atoms with Crippen LogP contribution in [-0.4, -0.2) is 22.4 Å². The molecule has 1 saturated heterocycles. The minimum Gasteiger partial charge on any atom is -0.660 e. The lowest BCUT2D eigenvalue weighted by Gasteiger charge is -2.35. The first-order chi connectivity index (χ1) is 11.1. The Kier molecular flexibility index (Phi) is 6.28. The van der Waals surface area contributed by atoms with Gasteiger partial charge >= 0.3 is 5.69 Å². The van der Waals surface area contributed by atoms with Crippen LogP contribution in [-0.2, 0) is 6.61 Å². The molecule has 8 heteroatoms. The van der Waals surface area contributed by atoms with Gasteiger partial charge < -0.3 is 15.0 Å². The number of rotatable bonds is 5. The summed E-state index contributed by atoms with van der Waals surface area (Å²) in [6.45, 7) is 4.59. The fraction of sp³-hybridized carbons (Fsp3) is 0.500. The Balaban J connectivity index is 0.00000208. The van der Waals surface area contributed by atoms with Gasteiger partial charge in [-0.3, -0.25) is 0 Å². The van der Waals surface area contributed by atoms with Gasteiger partial charge in [0.1, 0.15) is 11.6 Å². The highest BCUT2D eigenvalue weighted by Crippen LogP contribution is 2.21. The quantitative estimate of drug-likeness (QED) is 0.834. The topological polar surface area (TPSA) is 78.2 Å². The summed E-state index contributed by atoms with van der Waals surface area (Å²) < 4.78 is 10.7. The van der Waals surface area contributed by atoms with Gasteiger partial charge in [0, 0.05) is 12.1 Å². The Morgan fingerprint density at radius 2 is 1.96 bits per heavy atom. The lowest BCUT2D eigenvalue weighted by atomic mass is 10.00. The lowest BCUT2D eigenvalue weighted by molar-refractivity contribution is -0.743. The molecule has 0 amide bonds. The molecule has 7 nitrogen and oxygen atoms in total. The van der Waals surface area contributed by atoms with E-state index in [2.05, 4.69) is 29.7 Å². The minimum atomic E-state index is 0. The van der Waals surface area contributed by atoms with Crippen LogP contribution in [0.1, 0.15) is 38.8 Å². The molecule has 132 valence electrons. The number of nitrogens with one attached hydrogen (secondary N) is 2. The fourth-order valence-corrected chi connectivity index (χ4v) is 2.88. The first kappa shape index (κ1) is 18.4. The van der Waals surface area contributed by atoms with Gasteiger partial charge in [0.05, 0.1) is 4.79 Å². The molecule has 2 atom stereocenters. The zero-order valence-corrected chi connectivity index (χ0v) is 14.8. The average molecular weight is 354 g/mol. The number of ether oxygens (including phenoxy) is 1. The smallest absolute Gasteiger partial charge is 0.307 e. The number of nitrogens with zero attached hydrogens (tertiary/aromatic N) is 3. The number of para-hydroxylation sites is 1. The summed E-state index contributed by atoms with van der Waals surface area (Å²) in [7, 11) is 0. The molecule has 0 bridgehead atoms. The number of hydrogen-bond donors (Lipinski definition) is 1. The Labute approximate surface area is 148 Å². The van der Waals surface area contributed by atoms with Crippen LogP contribution in [0.4, 0.5) is 5.88 Å². The molecule has 2 N–H and O–H groups in total. The van der Waals surface area contributed by atoms with Crippen LogP contribution in [0.5, 0.6) is 5.75 Å². The summed E-state index contributed by atoms with van der Waals surface area (Å²) in [6.07, 6.45) is 3.51. The van der Waals surface area contributed by atoms with E-state index in [-0.39, 0.29) is 24.9 Å². The van der Waals surface area contributed by atoms with E-state index < -0.39 is 0 Å². The van der Waals surface area contributed by atoms with E-state index in [1.807, 2.05) is 30.3 Å². The Morgan fingerprint density at radius 3 is 2.62 bits per heavy atom. The van der Waals surface area contributed by atoms with Crippen LogP contribution >= 0.6 is 12.4 Å². The predicted octanol–water partition coefficient (Wildman–Crippen LogP) is 3.37. The lowest BCUT2D eigenvalue weighted by Crippen LogP contribution is -2.63. The molecule has 2 heterocycles. The maximum Gasteiger partial charge on any atom is 0.307 e. The minimum absolute atomic E-state index is 0. The third kappa shape index (κ3) is 4.10. The standard InChI is InChI=1S/C16H23N5O2.ClH/c1-12-7-6-8-13(2)20(12)18-21-15(16(17)23-19-21)11-22-14-9-4-3-5-10-14;/h3-5,9-10,12-13,17H,6-8,11H2,1-2H3,(H,18,19);1H. The van der Waals surface area contributed by atoms with Crippen LogP contribution in [0.15, 0.2) is 34.9 Å². The van der Waals surface area contributed by atoms with Gasteiger partial charge in [-0.05, 0) is 38.8 Å². The van der Waals surface area contributed by atoms with Crippen LogP contribution < -0.4 is 15.1 Å². The number of aromatic nitrogens is 2. The second-order valence-electron chi connectivity index (χ2n) is 6.00. The summed E-state index contributed by atoms with van der Waals surface area (Å²) in [5.74, 6) is 0.755. The molecule has 1 aliphatic heterocycles. The molecule has 0 spiro atoms. The van der Waals surface area contributed by atoms with Crippen molar-refractivity contribution >= 4 is 18.3 Å². The number of halogens is 1. The molecule has 24 heavy (non-hydrogen) atoms. The number of piperidine rings is 1. The first-order valence-corrected chi connectivity index (χ1v) is 8.00. The summed E-state index contributed by atoms with van der Waals surface area (Å²) in [5, 5.41) is 6.08. The maximum atomic E-state index is 7.89. The molecule has 2 aromatic rings. The molecule has 1 aromatic heterocycles. The summed E-state index contributed by atoms with van der Waals surface area (Å²) in [5.41, 5.74) is 11.7. The first-order valence-electron chi connectivity index (χ1n) is 8.00. The van der Waals surface area contributed by atoms with Crippen LogP contribution in [0.3, 0.4) is 0 Å². The fourth-order valence-electron chi connectivity index (χ4n) is 2.88. The zero-order valence-electron chi connectivity index (χ0n) is 13.9. The van der Waals surface area contributed by atoms with E-state index >= 15 is 0 Å². The van der Waals surface area contributed by atoms with Crippen LogP contribution in [0.2, 0.25) is 0 Å². The second kappa shape index (κ2) is 8.21. The average Bonchev–Trinajstić information content (AvgIpc) is 2.90. The molecular formula is C16H24ClN5O2. The van der Waals surface area contributed by atoms with E-state index in [0.717, 1.165) is 18.6 Å². The van der Waals surface area contributed by atoms with Crippen molar-refractivity contribution in [3.05, 3.63) is 41.8 Å². The van der Waals surface area contributed by atoms with Crippen molar-refractivity contribution in [3.63, 3.8) is 0 Å². The van der Waals surface area contributed by atoms with Gasteiger partial charge in [-0.15, -0.1) is 12.4 Å². The predicted molar refractivity (Wildman–Crippen MR) is 92.7 cm³/mol. The largest absolute Gasteiger partial charge is 0.660 e. The second-order valence-corrected chi connectivity index (χ2v) is 6.00. The van der Waals surface area contributed by atoms with Crippen molar-refractivity contribution in [1.29, 1.82) is 0 Å². The molecule has 3 rings (SSSR count). The van der Waals surface area contributed by atoms with Crippen LogP contribution in [0.25, 0.3) is 5.73 Å². The van der Waals surface area contributed by atoms with E-state index in [9.17, 15) is 0 Å². The molecule has 1 fully saturated rings. The van der Waals surface area contributed by atoms with E-state index in [0.29, 0.717) is 17.8 Å².